The first-order valence-electron chi connectivity index (χ1n) is 9.35. The Morgan fingerprint density at radius 3 is 2.67 bits per heavy atom. The summed E-state index contributed by atoms with van der Waals surface area (Å²) >= 11 is 0. The van der Waals surface area contributed by atoms with Gasteiger partial charge in [-0.15, -0.1) is 5.10 Å². The number of carbonyl (C=O) groups excluding carboxylic acids is 2. The van der Waals surface area contributed by atoms with Crippen molar-refractivity contribution in [2.75, 3.05) is 18.2 Å². The van der Waals surface area contributed by atoms with Crippen molar-refractivity contribution in [1.82, 2.24) is 20.3 Å². The summed E-state index contributed by atoms with van der Waals surface area (Å²) in [5, 5.41) is 13.2. The number of nitrogens with two attached hydrogens (primary N) is 1. The van der Waals surface area contributed by atoms with E-state index in [1.165, 1.54) is 4.68 Å². The Morgan fingerprint density at radius 1 is 1.13 bits per heavy atom. The summed E-state index contributed by atoms with van der Waals surface area (Å²) in [5.41, 5.74) is 9.54. The predicted molar refractivity (Wildman–Crippen MR) is 113 cm³/mol. The van der Waals surface area contributed by atoms with Crippen molar-refractivity contribution in [3.8, 4) is 5.75 Å². The molecule has 0 aliphatic carbocycles. The molecule has 9 heteroatoms. The SMILES string of the molecule is COc1ccccc1CNC(=O)c1nnn(CC(=O)Nc2cccc(C)c2C)c1N. The number of aryl methyl sites for hydroxylation is 1. The number of methoxy groups -OCH3 is 1. The quantitative estimate of drug-likeness (QED) is 0.550. The zero-order chi connectivity index (χ0) is 21.7. The molecule has 0 unspecified atom stereocenters. The molecule has 0 atom stereocenters. The second-order valence-electron chi connectivity index (χ2n) is 6.77. The number of nitrogen functional groups attached to an aromatic ring is 1. The van der Waals surface area contributed by atoms with E-state index < -0.39 is 5.91 Å². The van der Waals surface area contributed by atoms with Gasteiger partial charge in [0.15, 0.2) is 11.5 Å². The van der Waals surface area contributed by atoms with Gasteiger partial charge in [0, 0.05) is 17.8 Å². The highest BCUT2D eigenvalue weighted by Gasteiger charge is 2.19. The first-order valence-corrected chi connectivity index (χ1v) is 9.35. The number of anilines is 2. The van der Waals surface area contributed by atoms with Gasteiger partial charge in [0.2, 0.25) is 5.91 Å². The molecule has 0 aliphatic rings. The molecule has 2 aromatic carbocycles. The number of ether oxygens (including phenoxy) is 1. The van der Waals surface area contributed by atoms with E-state index in [1.807, 2.05) is 50.2 Å². The van der Waals surface area contributed by atoms with Crippen LogP contribution in [-0.4, -0.2) is 33.9 Å². The molecule has 30 heavy (non-hydrogen) atoms. The van der Waals surface area contributed by atoms with Crippen molar-refractivity contribution in [3.05, 3.63) is 64.8 Å². The van der Waals surface area contributed by atoms with Gasteiger partial charge in [-0.25, -0.2) is 4.68 Å². The van der Waals surface area contributed by atoms with Crippen LogP contribution in [0.2, 0.25) is 0 Å². The third-order valence-corrected chi connectivity index (χ3v) is 4.79. The van der Waals surface area contributed by atoms with Crippen LogP contribution in [0.3, 0.4) is 0 Å². The summed E-state index contributed by atoms with van der Waals surface area (Å²) in [7, 11) is 1.56. The van der Waals surface area contributed by atoms with E-state index in [-0.39, 0.29) is 30.5 Å². The zero-order valence-electron chi connectivity index (χ0n) is 17.1. The van der Waals surface area contributed by atoms with Crippen molar-refractivity contribution >= 4 is 23.3 Å². The first-order chi connectivity index (χ1) is 14.4. The smallest absolute Gasteiger partial charge is 0.275 e. The van der Waals surface area contributed by atoms with Crippen LogP contribution in [0.25, 0.3) is 0 Å². The molecule has 0 saturated heterocycles. The molecular formula is C21H24N6O3. The van der Waals surface area contributed by atoms with Gasteiger partial charge < -0.3 is 21.1 Å². The monoisotopic (exact) mass is 408 g/mol. The van der Waals surface area contributed by atoms with Crippen molar-refractivity contribution in [1.29, 1.82) is 0 Å². The van der Waals surface area contributed by atoms with Crippen LogP contribution >= 0.6 is 0 Å². The number of nitrogens with zero attached hydrogens (tertiary/aromatic N) is 3. The van der Waals surface area contributed by atoms with Gasteiger partial charge in [-0.1, -0.05) is 35.5 Å². The molecule has 2 amide bonds. The van der Waals surface area contributed by atoms with Gasteiger partial charge in [0.1, 0.15) is 12.3 Å². The lowest BCUT2D eigenvalue weighted by atomic mass is 10.1. The van der Waals surface area contributed by atoms with Crippen molar-refractivity contribution in [2.45, 2.75) is 26.9 Å². The van der Waals surface area contributed by atoms with Crippen LogP contribution in [0, 0.1) is 13.8 Å². The number of hydrogen-bond acceptors (Lipinski definition) is 6. The number of benzene rings is 2. The second kappa shape index (κ2) is 9.08. The third kappa shape index (κ3) is 4.57. The van der Waals surface area contributed by atoms with Gasteiger partial charge in [-0.05, 0) is 37.1 Å². The largest absolute Gasteiger partial charge is 0.496 e. The third-order valence-electron chi connectivity index (χ3n) is 4.79. The molecule has 9 nitrogen and oxygen atoms in total. The van der Waals surface area contributed by atoms with Gasteiger partial charge in [-0.2, -0.15) is 0 Å². The highest BCUT2D eigenvalue weighted by atomic mass is 16.5. The maximum Gasteiger partial charge on any atom is 0.275 e. The number of amides is 2. The average Bonchev–Trinajstić information content (AvgIpc) is 3.10. The zero-order valence-corrected chi connectivity index (χ0v) is 17.1. The molecule has 0 fully saturated rings. The Morgan fingerprint density at radius 2 is 1.90 bits per heavy atom. The van der Waals surface area contributed by atoms with Crippen LogP contribution in [0.15, 0.2) is 42.5 Å². The first kappa shape index (κ1) is 20.8. The molecule has 0 bridgehead atoms. The number of aromatic nitrogens is 3. The molecule has 0 spiro atoms. The topological polar surface area (TPSA) is 124 Å². The van der Waals surface area contributed by atoms with E-state index in [0.29, 0.717) is 11.4 Å². The van der Waals surface area contributed by atoms with E-state index in [4.69, 9.17) is 10.5 Å². The Kier molecular flexibility index (Phi) is 6.31. The fourth-order valence-electron chi connectivity index (χ4n) is 2.92. The van der Waals surface area contributed by atoms with Crippen LogP contribution in [0.5, 0.6) is 5.75 Å². The summed E-state index contributed by atoms with van der Waals surface area (Å²) in [6, 6.07) is 13.0. The standard InChI is InChI=1S/C21H24N6O3/c1-13-7-6-9-16(14(13)2)24-18(28)12-27-20(22)19(25-26-27)21(29)23-11-15-8-4-5-10-17(15)30-3/h4-10H,11-12,22H2,1-3H3,(H,23,29)(H,24,28). The van der Waals surface area contributed by atoms with Crippen LogP contribution in [-0.2, 0) is 17.9 Å². The highest BCUT2D eigenvalue weighted by Crippen LogP contribution is 2.19. The Balaban J connectivity index is 1.64. The lowest BCUT2D eigenvalue weighted by molar-refractivity contribution is -0.116. The summed E-state index contributed by atoms with van der Waals surface area (Å²) < 4.78 is 6.46. The molecular weight excluding hydrogens is 384 g/mol. The molecule has 0 saturated carbocycles. The van der Waals surface area contributed by atoms with Crippen molar-refractivity contribution in [2.24, 2.45) is 0 Å². The highest BCUT2D eigenvalue weighted by molar-refractivity contribution is 5.97. The van der Waals surface area contributed by atoms with Crippen molar-refractivity contribution < 1.29 is 14.3 Å². The van der Waals surface area contributed by atoms with Crippen LogP contribution < -0.4 is 21.1 Å². The van der Waals surface area contributed by atoms with Gasteiger partial charge in [0.05, 0.1) is 7.11 Å². The molecule has 4 N–H and O–H groups in total. The minimum Gasteiger partial charge on any atom is -0.496 e. The van der Waals surface area contributed by atoms with Gasteiger partial charge in [0.25, 0.3) is 5.91 Å². The lowest BCUT2D eigenvalue weighted by Crippen LogP contribution is -2.25. The predicted octanol–water partition coefficient (Wildman–Crippen LogP) is 2.05. The molecule has 3 rings (SSSR count). The number of hydrogen-bond donors (Lipinski definition) is 3. The maximum atomic E-state index is 12.5. The molecule has 0 radical (unpaired) electrons. The molecule has 1 aromatic heterocycles. The fourth-order valence-corrected chi connectivity index (χ4v) is 2.92. The minimum atomic E-state index is -0.486. The minimum absolute atomic E-state index is 0.0173. The molecule has 156 valence electrons. The fraction of sp³-hybridized carbons (Fsp3) is 0.238. The normalized spacial score (nSPS) is 10.5. The summed E-state index contributed by atoms with van der Waals surface area (Å²) in [6.45, 7) is 3.98. The van der Waals surface area contributed by atoms with E-state index >= 15 is 0 Å². The number of para-hydroxylation sites is 1. The van der Waals surface area contributed by atoms with E-state index in [9.17, 15) is 9.59 Å². The van der Waals surface area contributed by atoms with Crippen LogP contribution in [0.1, 0.15) is 27.2 Å². The number of nitrogens with one attached hydrogen (secondary N) is 2. The maximum absolute atomic E-state index is 12.5. The van der Waals surface area contributed by atoms with E-state index in [0.717, 1.165) is 16.7 Å². The lowest BCUT2D eigenvalue weighted by Gasteiger charge is -2.11. The average molecular weight is 408 g/mol. The van der Waals surface area contributed by atoms with Crippen molar-refractivity contribution in [3.63, 3.8) is 0 Å². The molecule has 0 aliphatic heterocycles. The van der Waals surface area contributed by atoms with E-state index in [2.05, 4.69) is 20.9 Å². The number of rotatable bonds is 7. The second-order valence-corrected chi connectivity index (χ2v) is 6.77. The van der Waals surface area contributed by atoms with Crippen LogP contribution in [0.4, 0.5) is 11.5 Å². The van der Waals surface area contributed by atoms with Gasteiger partial charge in [-0.3, -0.25) is 9.59 Å². The summed E-state index contributed by atoms with van der Waals surface area (Å²) in [6.07, 6.45) is 0. The molecule has 3 aromatic rings. The Hall–Kier alpha value is -3.88. The summed E-state index contributed by atoms with van der Waals surface area (Å²) in [4.78, 5) is 24.9. The van der Waals surface area contributed by atoms with E-state index in [1.54, 1.807) is 13.2 Å². The Bertz CT molecular complexity index is 1080. The molecule has 1 heterocycles. The Labute approximate surface area is 174 Å². The van der Waals surface area contributed by atoms with Gasteiger partial charge >= 0.3 is 0 Å². The summed E-state index contributed by atoms with van der Waals surface area (Å²) in [5.74, 6) is -0.123. The number of carbonyl (C=O) groups is 2.